The Bertz CT molecular complexity index is 1300. The number of aryl methyl sites for hydroxylation is 1. The first-order valence-corrected chi connectivity index (χ1v) is 11.2. The minimum Gasteiger partial charge on any atom is -0.305 e. The minimum absolute atomic E-state index is 0. The molecule has 3 aromatic carbocycles. The first-order valence-electron chi connectivity index (χ1n) is 11.2. The van der Waals surface area contributed by atoms with E-state index in [4.69, 9.17) is 0 Å². The summed E-state index contributed by atoms with van der Waals surface area (Å²) in [4.78, 5) is 8.64. The van der Waals surface area contributed by atoms with Crippen LogP contribution >= 0.6 is 0 Å². The molecule has 36 heavy (non-hydrogen) atoms. The van der Waals surface area contributed by atoms with Gasteiger partial charge in [-0.2, -0.15) is 0 Å². The van der Waals surface area contributed by atoms with Crippen molar-refractivity contribution in [3.63, 3.8) is 0 Å². The number of hydrogen-bond acceptors (Lipinski definition) is 2. The molecule has 1 radical (unpaired) electrons. The molecule has 0 amide bonds. The average Bonchev–Trinajstić information content (AvgIpc) is 2.94. The smallest absolute Gasteiger partial charge is 0.0982 e. The Labute approximate surface area is 224 Å². The van der Waals surface area contributed by atoms with Crippen LogP contribution in [0, 0.1) is 19.1 Å². The minimum atomic E-state index is -0.674. The van der Waals surface area contributed by atoms with Crippen molar-refractivity contribution in [2.75, 3.05) is 0 Å². The summed E-state index contributed by atoms with van der Waals surface area (Å²) in [5.41, 5.74) is 7.54. The van der Waals surface area contributed by atoms with Gasteiger partial charge < -0.3 is 9.97 Å². The largest absolute Gasteiger partial charge is 0.305 e. The summed E-state index contributed by atoms with van der Waals surface area (Å²) in [7, 11) is 0. The zero-order valence-corrected chi connectivity index (χ0v) is 22.1. The maximum Gasteiger partial charge on any atom is 0.0982 e. The van der Waals surface area contributed by atoms with Crippen LogP contribution in [0.4, 0.5) is 8.78 Å². The van der Waals surface area contributed by atoms with Crippen molar-refractivity contribution < 1.29 is 28.9 Å². The second-order valence-corrected chi connectivity index (χ2v) is 7.96. The van der Waals surface area contributed by atoms with Gasteiger partial charge in [-0.25, -0.2) is 4.39 Å². The number of hydrogen-bond donors (Lipinski definition) is 0. The Hall–Kier alpha value is -3.53. The summed E-state index contributed by atoms with van der Waals surface area (Å²) in [6.45, 7) is 0.601. The molecule has 2 nitrogen and oxygen atoms in total. The van der Waals surface area contributed by atoms with Crippen LogP contribution in [-0.4, -0.2) is 9.97 Å². The fraction of sp³-hybridized carbons (Fsp3) is 0.0968. The van der Waals surface area contributed by atoms with Crippen molar-refractivity contribution >= 4 is 0 Å². The molecule has 5 heteroatoms. The van der Waals surface area contributed by atoms with E-state index in [0.29, 0.717) is 16.7 Å². The van der Waals surface area contributed by atoms with Gasteiger partial charge in [-0.15, -0.1) is 59.7 Å². The van der Waals surface area contributed by atoms with Crippen molar-refractivity contribution in [3.8, 4) is 33.6 Å². The summed E-state index contributed by atoms with van der Waals surface area (Å²) in [6, 6.07) is 35.3. The Morgan fingerprint density at radius 2 is 1.47 bits per heavy atom. The normalized spacial score (nSPS) is 10.1. The van der Waals surface area contributed by atoms with Gasteiger partial charge in [0.05, 0.1) is 13.3 Å². The second kappa shape index (κ2) is 13.5. The van der Waals surface area contributed by atoms with Crippen LogP contribution in [-0.2, 0) is 33.5 Å². The van der Waals surface area contributed by atoms with Crippen LogP contribution in [0.15, 0.2) is 103 Å². The van der Waals surface area contributed by atoms with Gasteiger partial charge in [0.2, 0.25) is 0 Å². The van der Waals surface area contributed by atoms with Crippen LogP contribution in [0.1, 0.15) is 16.7 Å². The van der Waals surface area contributed by atoms with E-state index in [2.05, 4.69) is 40.3 Å². The Kier molecular flexibility index (Phi) is 10.2. The van der Waals surface area contributed by atoms with Gasteiger partial charge >= 0.3 is 0 Å². The van der Waals surface area contributed by atoms with E-state index >= 15 is 0 Å². The van der Waals surface area contributed by atoms with Crippen molar-refractivity contribution in [1.29, 1.82) is 0 Å². The van der Waals surface area contributed by atoms with Crippen LogP contribution in [0.5, 0.6) is 0 Å². The van der Waals surface area contributed by atoms with Crippen molar-refractivity contribution in [1.82, 2.24) is 9.97 Å². The standard InChI is InChI=1S/C17H12N.C14H12F2N.Ir/c1-3-7-14(8-4-1)16-11-12-18-17(13-16)15-9-5-2-6-10-15;1-10-2-5-14(17-9-10)11-3-4-12(7-15)13(6-11)8-16;/h1-9,11-13H;2,4-6,9H,7-8H2,1H3;/q2*-1;. The van der Waals surface area contributed by atoms with E-state index in [1.165, 1.54) is 17.2 Å². The second-order valence-electron chi connectivity index (χ2n) is 7.96. The van der Waals surface area contributed by atoms with Crippen LogP contribution in [0.25, 0.3) is 33.6 Å². The predicted molar refractivity (Wildman–Crippen MR) is 137 cm³/mol. The molecule has 0 bridgehead atoms. The fourth-order valence-electron chi connectivity index (χ4n) is 3.53. The summed E-state index contributed by atoms with van der Waals surface area (Å²) >= 11 is 0. The molecule has 0 saturated carbocycles. The number of pyridine rings is 2. The van der Waals surface area contributed by atoms with Crippen LogP contribution in [0.2, 0.25) is 0 Å². The van der Waals surface area contributed by atoms with Crippen molar-refractivity contribution in [2.45, 2.75) is 20.3 Å². The molecule has 0 spiro atoms. The molecule has 0 aliphatic rings. The van der Waals surface area contributed by atoms with Gasteiger partial charge in [0, 0.05) is 32.5 Å². The van der Waals surface area contributed by atoms with E-state index in [9.17, 15) is 8.78 Å². The van der Waals surface area contributed by atoms with Gasteiger partial charge in [-0.1, -0.05) is 59.7 Å². The molecule has 0 aliphatic heterocycles. The van der Waals surface area contributed by atoms with Crippen molar-refractivity contribution in [3.05, 3.63) is 132 Å². The van der Waals surface area contributed by atoms with E-state index in [1.807, 2.05) is 73.8 Å². The molecule has 183 valence electrons. The molecule has 0 atom stereocenters. The Morgan fingerprint density at radius 3 is 2.14 bits per heavy atom. The molecule has 0 fully saturated rings. The maximum absolute atomic E-state index is 12.7. The summed E-state index contributed by atoms with van der Waals surface area (Å²) in [6.07, 6.45) is 3.58. The summed E-state index contributed by atoms with van der Waals surface area (Å²) in [5.74, 6) is 0. The molecule has 2 aromatic heterocycles. The van der Waals surface area contributed by atoms with E-state index in [1.54, 1.807) is 12.3 Å². The third-order valence-corrected chi connectivity index (χ3v) is 5.46. The van der Waals surface area contributed by atoms with E-state index < -0.39 is 13.3 Å². The number of halogens is 2. The first-order chi connectivity index (χ1) is 17.2. The quantitative estimate of drug-likeness (QED) is 0.180. The molecule has 0 saturated heterocycles. The van der Waals surface area contributed by atoms with Gasteiger partial charge in [0.15, 0.2) is 0 Å². The number of nitrogens with zero attached hydrogens (tertiary/aromatic N) is 2. The molecular weight excluding hydrogens is 631 g/mol. The van der Waals surface area contributed by atoms with Crippen molar-refractivity contribution in [2.24, 2.45) is 0 Å². The van der Waals surface area contributed by atoms with Gasteiger partial charge in [-0.05, 0) is 41.1 Å². The monoisotopic (exact) mass is 655 g/mol. The van der Waals surface area contributed by atoms with E-state index in [0.717, 1.165) is 22.5 Å². The summed E-state index contributed by atoms with van der Waals surface area (Å²) < 4.78 is 25.3. The molecular formula is C31H24F2IrN2-2. The molecule has 5 rings (SSSR count). The topological polar surface area (TPSA) is 25.8 Å². The SMILES string of the molecule is Cc1ccc(-c2[c-]cc(CF)c(CF)c2)nc1.[Ir].[c-]1ccccc1-c1cc(-c2ccccc2)ccn1. The average molecular weight is 655 g/mol. The maximum atomic E-state index is 12.7. The van der Waals surface area contributed by atoms with Gasteiger partial charge in [0.25, 0.3) is 0 Å². The third kappa shape index (κ3) is 7.00. The fourth-order valence-corrected chi connectivity index (χ4v) is 3.53. The molecule has 0 N–H and O–H groups in total. The Morgan fingerprint density at radius 1 is 0.694 bits per heavy atom. The molecule has 2 heterocycles. The zero-order valence-electron chi connectivity index (χ0n) is 19.7. The van der Waals surface area contributed by atoms with Crippen LogP contribution < -0.4 is 0 Å². The van der Waals surface area contributed by atoms with Gasteiger partial charge in [-0.3, -0.25) is 4.39 Å². The number of benzene rings is 3. The summed E-state index contributed by atoms with van der Waals surface area (Å²) in [5, 5.41) is 0. The Balaban J connectivity index is 0.000000196. The zero-order chi connectivity index (χ0) is 24.5. The predicted octanol–water partition coefficient (Wildman–Crippen LogP) is 8.01. The number of rotatable bonds is 5. The number of aromatic nitrogens is 2. The van der Waals surface area contributed by atoms with E-state index in [-0.39, 0.29) is 20.1 Å². The molecule has 5 aromatic rings. The molecule has 0 unspecified atom stereocenters. The molecule has 0 aliphatic carbocycles. The number of alkyl halides is 2. The van der Waals surface area contributed by atoms with Gasteiger partial charge in [0.1, 0.15) is 0 Å². The third-order valence-electron chi connectivity index (χ3n) is 5.46. The first kappa shape index (κ1) is 27.1. The van der Waals surface area contributed by atoms with Crippen LogP contribution in [0.3, 0.4) is 0 Å².